The van der Waals surface area contributed by atoms with Gasteiger partial charge in [-0.1, -0.05) is 0 Å². The summed E-state index contributed by atoms with van der Waals surface area (Å²) in [6.07, 6.45) is -4.49. The molecule has 0 saturated carbocycles. The van der Waals surface area contributed by atoms with Crippen LogP contribution in [0.5, 0.6) is 0 Å². The predicted octanol–water partition coefficient (Wildman–Crippen LogP) is 2.64. The van der Waals surface area contributed by atoms with Crippen molar-refractivity contribution in [2.24, 2.45) is 0 Å². The van der Waals surface area contributed by atoms with Crippen molar-refractivity contribution in [3.63, 3.8) is 0 Å². The third-order valence-corrected chi connectivity index (χ3v) is 3.79. The highest BCUT2D eigenvalue weighted by Crippen LogP contribution is 2.19. The van der Waals surface area contributed by atoms with E-state index in [4.69, 9.17) is 10.7 Å². The maximum absolute atomic E-state index is 12.3. The predicted molar refractivity (Wildman–Crippen MR) is 67.1 cm³/mol. The summed E-state index contributed by atoms with van der Waals surface area (Å²) in [5.41, 5.74) is -0.0415. The highest BCUT2D eigenvalue weighted by atomic mass is 35.7. The van der Waals surface area contributed by atoms with Crippen LogP contribution in [0.3, 0.4) is 0 Å². The Kier molecular flexibility index (Phi) is 5.04. The van der Waals surface area contributed by atoms with Crippen LogP contribution in [-0.4, -0.2) is 38.5 Å². The van der Waals surface area contributed by atoms with Gasteiger partial charge in [-0.3, -0.25) is 4.79 Å². The van der Waals surface area contributed by atoms with Gasteiger partial charge in [0.25, 0.3) is 15.0 Å². The van der Waals surface area contributed by atoms with Crippen molar-refractivity contribution in [2.45, 2.75) is 18.0 Å². The maximum atomic E-state index is 12.3. The Morgan fingerprint density at radius 1 is 1.25 bits per heavy atom. The minimum absolute atomic E-state index is 0.0415. The Hall–Kier alpha value is -1.28. The number of rotatable bonds is 4. The van der Waals surface area contributed by atoms with Gasteiger partial charge in [0.2, 0.25) is 0 Å². The maximum Gasteiger partial charge on any atom is 0.406 e. The first-order valence-corrected chi connectivity index (χ1v) is 7.76. The summed E-state index contributed by atoms with van der Waals surface area (Å²) < 4.78 is 58.9. The van der Waals surface area contributed by atoms with Gasteiger partial charge in [0, 0.05) is 22.8 Å². The van der Waals surface area contributed by atoms with Crippen LogP contribution in [0.25, 0.3) is 0 Å². The molecule has 0 atom stereocenters. The third kappa shape index (κ3) is 4.68. The van der Waals surface area contributed by atoms with Gasteiger partial charge in [-0.05, 0) is 31.2 Å². The van der Waals surface area contributed by atoms with Crippen molar-refractivity contribution in [1.29, 1.82) is 0 Å². The lowest BCUT2D eigenvalue weighted by atomic mass is 10.2. The van der Waals surface area contributed by atoms with Crippen molar-refractivity contribution >= 4 is 25.6 Å². The van der Waals surface area contributed by atoms with E-state index in [0.717, 1.165) is 24.3 Å². The molecular formula is C11H11ClF3NO3S. The van der Waals surface area contributed by atoms with E-state index >= 15 is 0 Å². The second kappa shape index (κ2) is 6.01. The molecule has 4 nitrogen and oxygen atoms in total. The number of carbonyl (C=O) groups excluding carboxylic acids is 1. The van der Waals surface area contributed by atoms with E-state index < -0.39 is 27.7 Å². The van der Waals surface area contributed by atoms with Gasteiger partial charge in [0.15, 0.2) is 0 Å². The normalized spacial score (nSPS) is 12.2. The van der Waals surface area contributed by atoms with Crippen LogP contribution >= 0.6 is 10.7 Å². The number of amides is 1. The fourth-order valence-corrected chi connectivity index (χ4v) is 2.26. The molecule has 0 unspecified atom stereocenters. The van der Waals surface area contributed by atoms with Crippen LogP contribution in [0, 0.1) is 0 Å². The van der Waals surface area contributed by atoms with E-state index in [1.165, 1.54) is 6.92 Å². The molecule has 0 aromatic heterocycles. The molecule has 1 amide bonds. The second-order valence-electron chi connectivity index (χ2n) is 3.90. The number of alkyl halides is 3. The number of hydrogen-bond acceptors (Lipinski definition) is 3. The van der Waals surface area contributed by atoms with Gasteiger partial charge in [-0.25, -0.2) is 8.42 Å². The van der Waals surface area contributed by atoms with E-state index in [9.17, 15) is 26.4 Å². The average Bonchev–Trinajstić information content (AvgIpc) is 2.33. The monoisotopic (exact) mass is 329 g/mol. The van der Waals surface area contributed by atoms with Crippen molar-refractivity contribution in [3.8, 4) is 0 Å². The van der Waals surface area contributed by atoms with Crippen LogP contribution in [0.15, 0.2) is 29.2 Å². The topological polar surface area (TPSA) is 54.5 Å². The lowest BCUT2D eigenvalue weighted by molar-refractivity contribution is -0.140. The summed E-state index contributed by atoms with van der Waals surface area (Å²) in [5.74, 6) is -0.830. The molecule has 0 saturated heterocycles. The number of hydrogen-bond donors (Lipinski definition) is 0. The van der Waals surface area contributed by atoms with Crippen LogP contribution < -0.4 is 0 Å². The smallest absolute Gasteiger partial charge is 0.330 e. The molecule has 0 heterocycles. The standard InChI is InChI=1S/C11H11ClF3NO3S/c1-2-16(7-11(13,14)15)10(17)8-3-5-9(6-4-8)20(12,18)19/h3-6H,2,7H2,1H3. The molecule has 0 aliphatic rings. The molecule has 0 fully saturated rings. The zero-order valence-corrected chi connectivity index (χ0v) is 11.9. The van der Waals surface area contributed by atoms with Crippen molar-refractivity contribution < 1.29 is 26.4 Å². The van der Waals surface area contributed by atoms with Crippen LogP contribution in [-0.2, 0) is 9.05 Å². The molecule has 9 heteroatoms. The van der Waals surface area contributed by atoms with Gasteiger partial charge in [-0.2, -0.15) is 13.2 Å². The van der Waals surface area contributed by atoms with E-state index in [1.807, 2.05) is 0 Å². The molecule has 0 bridgehead atoms. The van der Waals surface area contributed by atoms with E-state index in [-0.39, 0.29) is 17.0 Å². The quantitative estimate of drug-likeness (QED) is 0.798. The van der Waals surface area contributed by atoms with E-state index in [1.54, 1.807) is 0 Å². The van der Waals surface area contributed by atoms with Crippen molar-refractivity contribution in [1.82, 2.24) is 4.90 Å². The summed E-state index contributed by atoms with van der Waals surface area (Å²) in [4.78, 5) is 12.2. The van der Waals surface area contributed by atoms with Gasteiger partial charge in [-0.15, -0.1) is 0 Å². The molecule has 0 radical (unpaired) electrons. The first-order valence-electron chi connectivity index (χ1n) is 5.45. The largest absolute Gasteiger partial charge is 0.406 e. The van der Waals surface area contributed by atoms with Gasteiger partial charge >= 0.3 is 6.18 Å². The summed E-state index contributed by atoms with van der Waals surface area (Å²) in [5, 5.41) is 0. The molecule has 0 aliphatic carbocycles. The van der Waals surface area contributed by atoms with Crippen LogP contribution in [0.1, 0.15) is 17.3 Å². The Bertz CT molecular complexity index is 584. The zero-order valence-electron chi connectivity index (χ0n) is 10.3. The minimum atomic E-state index is -4.49. The average molecular weight is 330 g/mol. The fraction of sp³-hybridized carbons (Fsp3) is 0.364. The van der Waals surface area contributed by atoms with Crippen molar-refractivity contribution in [3.05, 3.63) is 29.8 Å². The lowest BCUT2D eigenvalue weighted by Crippen LogP contribution is -2.38. The summed E-state index contributed by atoms with van der Waals surface area (Å²) >= 11 is 0. The summed E-state index contributed by atoms with van der Waals surface area (Å²) in [6, 6.07) is 4.38. The molecule has 20 heavy (non-hydrogen) atoms. The number of carbonyl (C=O) groups is 1. The summed E-state index contributed by atoms with van der Waals surface area (Å²) in [7, 11) is 1.16. The molecule has 0 N–H and O–H groups in total. The molecule has 1 rings (SSSR count). The third-order valence-electron chi connectivity index (χ3n) is 2.42. The molecule has 0 aliphatic heterocycles. The number of benzene rings is 1. The number of nitrogens with zero attached hydrogens (tertiary/aromatic N) is 1. The van der Waals surface area contributed by atoms with E-state index in [2.05, 4.69) is 0 Å². The first-order chi connectivity index (χ1) is 9.04. The number of halogens is 4. The molecule has 1 aromatic rings. The van der Waals surface area contributed by atoms with Crippen molar-refractivity contribution in [2.75, 3.05) is 13.1 Å². The van der Waals surface area contributed by atoms with Gasteiger partial charge in [0.05, 0.1) is 4.90 Å². The lowest BCUT2D eigenvalue weighted by Gasteiger charge is -2.22. The highest BCUT2D eigenvalue weighted by Gasteiger charge is 2.32. The Labute approximate surface area is 118 Å². The summed E-state index contributed by atoms with van der Waals surface area (Å²) in [6.45, 7) is -0.0625. The van der Waals surface area contributed by atoms with Crippen LogP contribution in [0.2, 0.25) is 0 Å². The fourth-order valence-electron chi connectivity index (χ4n) is 1.49. The molecule has 1 aromatic carbocycles. The van der Waals surface area contributed by atoms with Crippen LogP contribution in [0.4, 0.5) is 13.2 Å². The first kappa shape index (κ1) is 16.8. The Balaban J connectivity index is 2.97. The zero-order chi connectivity index (χ0) is 15.6. The Morgan fingerprint density at radius 2 is 1.75 bits per heavy atom. The highest BCUT2D eigenvalue weighted by molar-refractivity contribution is 8.13. The molecule has 112 valence electrons. The van der Waals surface area contributed by atoms with Gasteiger partial charge < -0.3 is 4.90 Å². The SMILES string of the molecule is CCN(CC(F)(F)F)C(=O)c1ccc(S(=O)(=O)Cl)cc1. The molecular weight excluding hydrogens is 319 g/mol. The van der Waals surface area contributed by atoms with E-state index in [0.29, 0.717) is 4.90 Å². The molecule has 0 spiro atoms. The second-order valence-corrected chi connectivity index (χ2v) is 6.46. The Morgan fingerprint density at radius 3 is 2.10 bits per heavy atom. The minimum Gasteiger partial charge on any atom is -0.330 e. The van der Waals surface area contributed by atoms with Gasteiger partial charge in [0.1, 0.15) is 6.54 Å².